The second-order valence-electron chi connectivity index (χ2n) is 16.3. The molecule has 2 aromatic carbocycles. The molecular weight excluding hydrogens is 801 g/mol. The van der Waals surface area contributed by atoms with Crippen LogP contribution in [0.3, 0.4) is 0 Å². The summed E-state index contributed by atoms with van der Waals surface area (Å²) in [5.74, 6) is 0.283. The number of nitrogens with zero attached hydrogens (tertiary/aromatic N) is 3. The molecule has 4 amide bonds. The first-order valence-electron chi connectivity index (χ1n) is 20.6. The van der Waals surface area contributed by atoms with Gasteiger partial charge in [-0.1, -0.05) is 52.0 Å². The van der Waals surface area contributed by atoms with Crippen molar-refractivity contribution < 1.29 is 28.7 Å². The number of aromatic nitrogens is 2. The van der Waals surface area contributed by atoms with E-state index in [0.717, 1.165) is 75.9 Å². The lowest BCUT2D eigenvalue weighted by Gasteiger charge is -2.34. The number of benzene rings is 2. The Balaban J connectivity index is 1.02. The molecule has 14 nitrogen and oxygen atoms in total. The van der Waals surface area contributed by atoms with Crippen LogP contribution >= 0.6 is 22.7 Å². The van der Waals surface area contributed by atoms with Gasteiger partial charge in [0.15, 0.2) is 0 Å². The number of H-pyrrole nitrogens is 1. The first kappa shape index (κ1) is 41.1. The Kier molecular flexibility index (Phi) is 11.8. The topological polar surface area (TPSA) is 170 Å². The molecule has 2 fully saturated rings. The molecule has 5 atom stereocenters. The molecule has 2 saturated heterocycles. The van der Waals surface area contributed by atoms with Crippen LogP contribution in [0, 0.1) is 11.8 Å². The summed E-state index contributed by atoms with van der Waals surface area (Å²) < 4.78 is 11.9. The van der Waals surface area contributed by atoms with E-state index in [9.17, 15) is 19.2 Å². The lowest BCUT2D eigenvalue weighted by molar-refractivity contribution is -0.136. The van der Waals surface area contributed by atoms with Gasteiger partial charge in [0.25, 0.3) is 0 Å². The van der Waals surface area contributed by atoms with Gasteiger partial charge in [-0.3, -0.25) is 9.59 Å². The molecule has 60 heavy (non-hydrogen) atoms. The maximum atomic E-state index is 13.8. The number of carbonyl (C=O) groups excluding carboxylic acids is 4. The van der Waals surface area contributed by atoms with Crippen molar-refractivity contribution in [1.82, 2.24) is 41.0 Å². The fourth-order valence-electron chi connectivity index (χ4n) is 8.93. The average Bonchev–Trinajstić information content (AvgIpc) is 4.10. The highest BCUT2D eigenvalue weighted by Gasteiger charge is 2.41. The van der Waals surface area contributed by atoms with E-state index < -0.39 is 24.3 Å². The number of nitrogens with one attached hydrogen (secondary N) is 5. The van der Waals surface area contributed by atoms with Crippen molar-refractivity contribution in [3.63, 3.8) is 0 Å². The number of hydrogen-bond acceptors (Lipinski definition) is 11. The van der Waals surface area contributed by atoms with E-state index in [1.807, 2.05) is 49.9 Å². The van der Waals surface area contributed by atoms with Crippen molar-refractivity contribution in [3.8, 4) is 22.4 Å². The SMILES string of the molecule is COC(=O)N[C@H](C(=O)N1CCC[C@H]1c1ncc(-c2ccc(-c3ccc(C4=CNC([C@@H]5CCCN5C(=O)[C@@H](NC(=O)OC)C(C)C)N4)c4sccc34)c3sccc23)[nH]1)C(C)C. The first-order valence-corrected chi connectivity index (χ1v) is 22.3. The Labute approximate surface area is 357 Å². The molecule has 8 rings (SSSR count). The van der Waals surface area contributed by atoms with Gasteiger partial charge in [-0.05, 0) is 66.0 Å². The molecule has 3 aliphatic heterocycles. The maximum Gasteiger partial charge on any atom is 0.407 e. The summed E-state index contributed by atoms with van der Waals surface area (Å²) >= 11 is 3.41. The van der Waals surface area contributed by atoms with Crippen molar-refractivity contribution in [1.29, 1.82) is 0 Å². The van der Waals surface area contributed by atoms with Gasteiger partial charge in [0.05, 0.1) is 43.9 Å². The molecular formula is C44H52N8O6S2. The molecule has 0 aliphatic carbocycles. The predicted molar refractivity (Wildman–Crippen MR) is 235 cm³/mol. The third-order valence-corrected chi connectivity index (χ3v) is 13.9. The zero-order chi connectivity index (χ0) is 42.2. The number of amides is 4. The van der Waals surface area contributed by atoms with E-state index in [4.69, 9.17) is 14.5 Å². The smallest absolute Gasteiger partial charge is 0.407 e. The Morgan fingerprint density at radius 1 is 0.750 bits per heavy atom. The van der Waals surface area contributed by atoms with Crippen molar-refractivity contribution in [2.75, 3.05) is 27.3 Å². The zero-order valence-corrected chi connectivity index (χ0v) is 36.3. The van der Waals surface area contributed by atoms with Gasteiger partial charge in [0, 0.05) is 56.2 Å². The second-order valence-corrected chi connectivity index (χ2v) is 18.2. The highest BCUT2D eigenvalue weighted by atomic mass is 32.1. The summed E-state index contributed by atoms with van der Waals surface area (Å²) in [6.45, 7) is 8.88. The summed E-state index contributed by atoms with van der Waals surface area (Å²) in [5, 5.41) is 19.2. The Morgan fingerprint density at radius 2 is 1.32 bits per heavy atom. The van der Waals surface area contributed by atoms with E-state index in [1.165, 1.54) is 23.6 Å². The fraction of sp³-hybridized carbons (Fsp3) is 0.432. The van der Waals surface area contributed by atoms with Crippen LogP contribution < -0.4 is 21.3 Å². The minimum Gasteiger partial charge on any atom is -0.453 e. The quantitative estimate of drug-likeness (QED) is 0.0909. The van der Waals surface area contributed by atoms with Crippen LogP contribution in [-0.2, 0) is 19.1 Å². The number of alkyl carbamates (subject to hydrolysis) is 2. The fourth-order valence-corrected chi connectivity index (χ4v) is 10.8. The number of imidazole rings is 1. The number of methoxy groups -OCH3 is 2. The standard InChI is InChI=1S/C44H52N8O6S2/c1-23(2)35(49-43(55)57-5)41(53)51-17-7-9-33(51)39-45-21-31(47-39)26-12-13-27(37-29(26)16-20-59-37)25-11-14-30(38-28(25)15-19-60-38)32-22-46-40(48-32)34-10-8-18-52(34)42(54)36(24(3)4)50-44(56)58-6/h11-16,19-24,33-36,40,46,48H,7-10,17-18H2,1-6H3,(H,45,47)(H,49,55)(H,50,56)/t33-,34-,35-,36-,40?/m0/s1. The van der Waals surface area contributed by atoms with Crippen LogP contribution in [0.1, 0.15) is 70.8 Å². The molecule has 316 valence electrons. The molecule has 0 saturated carbocycles. The highest BCUT2D eigenvalue weighted by molar-refractivity contribution is 7.18. The molecule has 0 radical (unpaired) electrons. The minimum absolute atomic E-state index is 0.0891. The van der Waals surface area contributed by atoms with Crippen LogP contribution in [0.4, 0.5) is 9.59 Å². The molecule has 5 aromatic rings. The average molecular weight is 853 g/mol. The number of carbonyl (C=O) groups is 4. The van der Waals surface area contributed by atoms with Crippen molar-refractivity contribution in [3.05, 3.63) is 70.9 Å². The monoisotopic (exact) mass is 852 g/mol. The van der Waals surface area contributed by atoms with E-state index in [1.54, 1.807) is 22.7 Å². The molecule has 0 bridgehead atoms. The third-order valence-electron chi connectivity index (χ3n) is 12.0. The minimum atomic E-state index is -0.698. The van der Waals surface area contributed by atoms with Crippen LogP contribution in [0.25, 0.3) is 48.3 Å². The number of thiophene rings is 2. The van der Waals surface area contributed by atoms with Crippen molar-refractivity contribution in [2.45, 2.75) is 83.7 Å². The normalized spacial score (nSPS) is 20.0. The molecule has 3 aliphatic rings. The first-order chi connectivity index (χ1) is 29.0. The largest absolute Gasteiger partial charge is 0.453 e. The van der Waals surface area contributed by atoms with Crippen LogP contribution in [0.15, 0.2) is 59.6 Å². The summed E-state index contributed by atoms with van der Waals surface area (Å²) in [6, 6.07) is 11.4. The van der Waals surface area contributed by atoms with Crippen LogP contribution in [-0.4, -0.2) is 95.4 Å². The van der Waals surface area contributed by atoms with Gasteiger partial charge < -0.3 is 45.5 Å². The lowest BCUT2D eigenvalue weighted by Crippen LogP contribution is -2.57. The maximum absolute atomic E-state index is 13.8. The Hall–Kier alpha value is -5.61. The Bertz CT molecular complexity index is 2450. The summed E-state index contributed by atoms with van der Waals surface area (Å²) in [5.41, 5.74) is 6.27. The van der Waals surface area contributed by atoms with E-state index in [2.05, 4.69) is 73.4 Å². The number of likely N-dealkylation sites (tertiary alicyclic amines) is 2. The summed E-state index contributed by atoms with van der Waals surface area (Å²) in [4.78, 5) is 63.7. The van der Waals surface area contributed by atoms with Gasteiger partial charge in [-0.15, -0.1) is 22.7 Å². The van der Waals surface area contributed by atoms with Gasteiger partial charge in [0.2, 0.25) is 11.8 Å². The van der Waals surface area contributed by atoms with E-state index >= 15 is 0 Å². The zero-order valence-electron chi connectivity index (χ0n) is 34.7. The molecule has 0 spiro atoms. The van der Waals surface area contributed by atoms with Gasteiger partial charge in [-0.2, -0.15) is 0 Å². The number of hydrogen-bond donors (Lipinski definition) is 5. The number of aromatic amines is 1. The van der Waals surface area contributed by atoms with Gasteiger partial charge >= 0.3 is 12.2 Å². The van der Waals surface area contributed by atoms with Crippen LogP contribution in [0.2, 0.25) is 0 Å². The number of ether oxygens (including phenoxy) is 2. The van der Waals surface area contributed by atoms with Gasteiger partial charge in [0.1, 0.15) is 24.1 Å². The van der Waals surface area contributed by atoms with Crippen molar-refractivity contribution in [2.24, 2.45) is 11.8 Å². The van der Waals surface area contributed by atoms with Crippen LogP contribution in [0.5, 0.6) is 0 Å². The molecule has 1 unspecified atom stereocenters. The van der Waals surface area contributed by atoms with Crippen molar-refractivity contribution >= 4 is 72.5 Å². The number of fused-ring (bicyclic) bond motifs is 2. The van der Waals surface area contributed by atoms with E-state index in [-0.39, 0.29) is 41.9 Å². The summed E-state index contributed by atoms with van der Waals surface area (Å²) in [6.07, 6.45) is 5.80. The third kappa shape index (κ3) is 7.66. The predicted octanol–water partition coefficient (Wildman–Crippen LogP) is 7.41. The molecule has 16 heteroatoms. The number of rotatable bonds is 11. The van der Waals surface area contributed by atoms with E-state index in [0.29, 0.717) is 13.1 Å². The second kappa shape index (κ2) is 17.2. The summed E-state index contributed by atoms with van der Waals surface area (Å²) in [7, 11) is 2.60. The highest BCUT2D eigenvalue weighted by Crippen LogP contribution is 2.44. The molecule has 6 heterocycles. The Morgan fingerprint density at radius 3 is 1.98 bits per heavy atom. The molecule has 3 aromatic heterocycles. The van der Waals surface area contributed by atoms with Gasteiger partial charge in [-0.25, -0.2) is 14.6 Å². The molecule has 5 N–H and O–H groups in total. The lowest BCUT2D eigenvalue weighted by atomic mass is 9.96.